The van der Waals surface area contributed by atoms with Crippen LogP contribution in [-0.4, -0.2) is 17.6 Å². The molecule has 0 saturated carbocycles. The Morgan fingerprint density at radius 1 is 0.950 bits per heavy atom. The highest BCUT2D eigenvalue weighted by Gasteiger charge is 2.10. The van der Waals surface area contributed by atoms with Crippen molar-refractivity contribution in [2.75, 3.05) is 17.6 Å². The molecule has 1 unspecified atom stereocenters. The predicted molar refractivity (Wildman–Crippen MR) is 91.0 cm³/mol. The molecule has 2 aromatic rings. The zero-order valence-electron chi connectivity index (χ0n) is 11.0. The maximum absolute atomic E-state index is 5.89. The van der Waals surface area contributed by atoms with Crippen molar-refractivity contribution in [1.82, 2.24) is 0 Å². The Balaban J connectivity index is 1.78. The van der Waals surface area contributed by atoms with Crippen LogP contribution in [-0.2, 0) is 4.74 Å². The zero-order valence-corrected chi connectivity index (χ0v) is 13.9. The molecule has 1 atom stereocenters. The van der Waals surface area contributed by atoms with Gasteiger partial charge in [0.2, 0.25) is 0 Å². The normalized spacial score (nSPS) is 12.1. The van der Waals surface area contributed by atoms with Crippen LogP contribution in [0.25, 0.3) is 0 Å². The van der Waals surface area contributed by atoms with Gasteiger partial charge in [-0.15, -0.1) is 0 Å². The topological polar surface area (TPSA) is 18.5 Å². The molecule has 0 aromatic heterocycles. The summed E-state index contributed by atoms with van der Waals surface area (Å²) in [6, 6.07) is 17.5. The van der Waals surface area contributed by atoms with E-state index in [0.29, 0.717) is 13.2 Å². The molecule has 0 aliphatic rings. The Morgan fingerprint density at radius 3 is 2.30 bits per heavy atom. The molecule has 20 heavy (non-hydrogen) atoms. The molecule has 106 valence electrons. The molecule has 0 bridgehead atoms. The average Bonchev–Trinajstić information content (AvgIpc) is 2.50. The molecular weight excluding hydrogens is 387 g/mol. The summed E-state index contributed by atoms with van der Waals surface area (Å²) >= 11 is 8.22. The predicted octanol–water partition coefficient (Wildman–Crippen LogP) is 4.91. The Morgan fingerprint density at radius 2 is 1.65 bits per heavy atom. The second-order valence-corrected chi connectivity index (χ2v) is 5.54. The van der Waals surface area contributed by atoms with Crippen LogP contribution in [0.5, 0.6) is 5.75 Å². The number of benzene rings is 2. The summed E-state index contributed by atoms with van der Waals surface area (Å²) < 4.78 is 12.4. The Kier molecular flexibility index (Phi) is 6.63. The molecule has 0 aliphatic heterocycles. The monoisotopic (exact) mass is 402 g/mol. The largest absolute Gasteiger partial charge is 0.491 e. The van der Waals surface area contributed by atoms with Crippen LogP contribution >= 0.6 is 34.2 Å². The fourth-order valence-electron chi connectivity index (χ4n) is 1.77. The highest BCUT2D eigenvalue weighted by Crippen LogP contribution is 2.22. The lowest BCUT2D eigenvalue weighted by Gasteiger charge is -2.16. The van der Waals surface area contributed by atoms with E-state index in [2.05, 4.69) is 22.6 Å². The molecular formula is C16H16ClIO2. The summed E-state index contributed by atoms with van der Waals surface area (Å²) in [5, 5.41) is 0.744. The third-order valence-electron chi connectivity index (χ3n) is 2.80. The molecule has 2 rings (SSSR count). The van der Waals surface area contributed by atoms with Gasteiger partial charge in [0.25, 0.3) is 0 Å². The van der Waals surface area contributed by atoms with E-state index in [1.165, 1.54) is 0 Å². The van der Waals surface area contributed by atoms with Crippen molar-refractivity contribution in [2.24, 2.45) is 0 Å². The highest BCUT2D eigenvalue weighted by atomic mass is 127. The molecule has 0 N–H and O–H groups in total. The van der Waals surface area contributed by atoms with Gasteiger partial charge in [0.05, 0.1) is 12.7 Å². The molecule has 0 spiro atoms. The molecule has 0 radical (unpaired) electrons. The first-order chi connectivity index (χ1) is 9.79. The van der Waals surface area contributed by atoms with Gasteiger partial charge in [0, 0.05) is 9.45 Å². The van der Waals surface area contributed by atoms with Crippen molar-refractivity contribution in [3.63, 3.8) is 0 Å². The number of ether oxygens (including phenoxy) is 2. The third-order valence-corrected chi connectivity index (χ3v) is 3.85. The Labute approximate surface area is 138 Å². The maximum atomic E-state index is 5.89. The number of para-hydroxylation sites is 1. The van der Waals surface area contributed by atoms with E-state index in [1.807, 2.05) is 54.6 Å². The van der Waals surface area contributed by atoms with Crippen molar-refractivity contribution in [1.29, 1.82) is 0 Å². The van der Waals surface area contributed by atoms with Crippen molar-refractivity contribution in [3.8, 4) is 5.75 Å². The van der Waals surface area contributed by atoms with Crippen LogP contribution in [0.1, 0.15) is 11.7 Å². The first-order valence-corrected chi connectivity index (χ1v) is 8.31. The lowest BCUT2D eigenvalue weighted by molar-refractivity contribution is 0.0484. The van der Waals surface area contributed by atoms with Crippen LogP contribution < -0.4 is 4.74 Å². The lowest BCUT2D eigenvalue weighted by atomic mass is 10.1. The smallest absolute Gasteiger partial charge is 0.119 e. The van der Waals surface area contributed by atoms with Crippen LogP contribution in [0.2, 0.25) is 5.02 Å². The van der Waals surface area contributed by atoms with E-state index in [0.717, 1.165) is 20.8 Å². The molecule has 0 amide bonds. The molecule has 2 nitrogen and oxygen atoms in total. The van der Waals surface area contributed by atoms with Gasteiger partial charge in [-0.05, 0) is 29.8 Å². The fourth-order valence-corrected chi connectivity index (χ4v) is 2.66. The van der Waals surface area contributed by atoms with Crippen molar-refractivity contribution < 1.29 is 9.47 Å². The van der Waals surface area contributed by atoms with Gasteiger partial charge in [-0.1, -0.05) is 64.5 Å². The minimum absolute atomic E-state index is 0.0761. The van der Waals surface area contributed by atoms with E-state index in [1.54, 1.807) is 0 Å². The summed E-state index contributed by atoms with van der Waals surface area (Å²) in [5.41, 5.74) is 1.14. The lowest BCUT2D eigenvalue weighted by Crippen LogP contribution is -2.12. The highest BCUT2D eigenvalue weighted by molar-refractivity contribution is 14.1. The number of rotatable bonds is 7. The molecule has 0 saturated heterocycles. The summed E-state index contributed by atoms with van der Waals surface area (Å²) in [7, 11) is 0. The van der Waals surface area contributed by atoms with E-state index in [-0.39, 0.29) is 6.10 Å². The molecule has 2 aromatic carbocycles. The number of hydrogen-bond donors (Lipinski definition) is 0. The van der Waals surface area contributed by atoms with Gasteiger partial charge in [-0.2, -0.15) is 0 Å². The van der Waals surface area contributed by atoms with Crippen molar-refractivity contribution >= 4 is 34.2 Å². The average molecular weight is 403 g/mol. The van der Waals surface area contributed by atoms with E-state index < -0.39 is 0 Å². The summed E-state index contributed by atoms with van der Waals surface area (Å²) in [4.78, 5) is 0. The molecule has 4 heteroatoms. The quantitative estimate of drug-likeness (QED) is 0.372. The van der Waals surface area contributed by atoms with Crippen LogP contribution in [0.4, 0.5) is 0 Å². The minimum atomic E-state index is 0.0761. The first kappa shape index (κ1) is 15.6. The number of hydrogen-bond acceptors (Lipinski definition) is 2. The van der Waals surface area contributed by atoms with Crippen molar-refractivity contribution in [2.45, 2.75) is 6.10 Å². The van der Waals surface area contributed by atoms with Crippen LogP contribution in [0.3, 0.4) is 0 Å². The summed E-state index contributed by atoms with van der Waals surface area (Å²) in [6.45, 7) is 1.11. The van der Waals surface area contributed by atoms with Gasteiger partial charge in [0.1, 0.15) is 12.4 Å². The van der Waals surface area contributed by atoms with E-state index in [9.17, 15) is 0 Å². The molecule has 0 heterocycles. The fraction of sp³-hybridized carbons (Fsp3) is 0.250. The van der Waals surface area contributed by atoms with E-state index in [4.69, 9.17) is 21.1 Å². The Hall–Kier alpha value is -0.780. The van der Waals surface area contributed by atoms with Gasteiger partial charge in [-0.3, -0.25) is 0 Å². The SMILES string of the molecule is Clc1ccc(C(CI)OCCOc2ccccc2)cc1. The molecule has 0 aliphatic carbocycles. The van der Waals surface area contributed by atoms with E-state index >= 15 is 0 Å². The minimum Gasteiger partial charge on any atom is -0.491 e. The maximum Gasteiger partial charge on any atom is 0.119 e. The van der Waals surface area contributed by atoms with Crippen LogP contribution in [0, 0.1) is 0 Å². The summed E-state index contributed by atoms with van der Waals surface area (Å²) in [6.07, 6.45) is 0.0761. The first-order valence-electron chi connectivity index (χ1n) is 6.40. The second-order valence-electron chi connectivity index (χ2n) is 4.23. The standard InChI is InChI=1S/C16H16ClIO2/c17-14-8-6-13(7-9-14)16(12-18)20-11-10-19-15-4-2-1-3-5-15/h1-9,16H,10-12H2. The van der Waals surface area contributed by atoms with Gasteiger partial charge >= 0.3 is 0 Å². The Bertz CT molecular complexity index is 502. The zero-order chi connectivity index (χ0) is 14.2. The number of halogens is 2. The molecule has 0 fully saturated rings. The van der Waals surface area contributed by atoms with Gasteiger partial charge in [-0.25, -0.2) is 0 Å². The third kappa shape index (κ3) is 4.96. The second kappa shape index (κ2) is 8.49. The summed E-state index contributed by atoms with van der Waals surface area (Å²) in [5.74, 6) is 0.869. The van der Waals surface area contributed by atoms with Crippen molar-refractivity contribution in [3.05, 3.63) is 65.2 Å². The number of alkyl halides is 1. The van der Waals surface area contributed by atoms with Gasteiger partial charge in [0.15, 0.2) is 0 Å². The van der Waals surface area contributed by atoms with Crippen LogP contribution in [0.15, 0.2) is 54.6 Å². The van der Waals surface area contributed by atoms with Gasteiger partial charge < -0.3 is 9.47 Å².